The number of piperazine rings is 1. The largest absolute Gasteiger partial charge is 0.365 e. The summed E-state index contributed by atoms with van der Waals surface area (Å²) in [5.41, 5.74) is 3.62. The van der Waals surface area contributed by atoms with Crippen LogP contribution < -0.4 is 10.2 Å². The van der Waals surface area contributed by atoms with Gasteiger partial charge in [0, 0.05) is 37.4 Å². The van der Waals surface area contributed by atoms with Gasteiger partial charge in [-0.1, -0.05) is 30.3 Å². The Kier molecular flexibility index (Phi) is 3.47. The first kappa shape index (κ1) is 12.2. The van der Waals surface area contributed by atoms with Crippen molar-refractivity contribution in [3.8, 4) is 11.1 Å². The molecule has 1 aliphatic heterocycles. The molecule has 3 heteroatoms. The lowest BCUT2D eigenvalue weighted by Gasteiger charge is -2.35. The summed E-state index contributed by atoms with van der Waals surface area (Å²) in [6.07, 6.45) is 3.90. The van der Waals surface area contributed by atoms with Gasteiger partial charge < -0.3 is 10.2 Å². The van der Waals surface area contributed by atoms with Gasteiger partial charge in [-0.25, -0.2) is 0 Å². The molecule has 2 aromatic rings. The van der Waals surface area contributed by atoms with E-state index in [2.05, 4.69) is 52.5 Å². The lowest BCUT2D eigenvalue weighted by molar-refractivity contribution is 0.500. The summed E-state index contributed by atoms with van der Waals surface area (Å²) in [6.45, 7) is 5.37. The Hall–Kier alpha value is -1.87. The van der Waals surface area contributed by atoms with E-state index in [0.717, 1.165) is 19.6 Å². The lowest BCUT2D eigenvalue weighted by Crippen LogP contribution is -2.49. The third kappa shape index (κ3) is 2.61. The average Bonchev–Trinajstić information content (AvgIpc) is 2.49. The Morgan fingerprint density at radius 3 is 2.79 bits per heavy atom. The van der Waals surface area contributed by atoms with Gasteiger partial charge in [-0.05, 0) is 18.6 Å². The van der Waals surface area contributed by atoms with Gasteiger partial charge in [-0.3, -0.25) is 4.98 Å². The smallest absolute Gasteiger partial charge is 0.0562 e. The summed E-state index contributed by atoms with van der Waals surface area (Å²) in [4.78, 5) is 6.84. The predicted octanol–water partition coefficient (Wildman–Crippen LogP) is 2.55. The Morgan fingerprint density at radius 2 is 2.00 bits per heavy atom. The Labute approximate surface area is 114 Å². The Bertz CT molecular complexity index is 539. The van der Waals surface area contributed by atoms with Gasteiger partial charge in [-0.2, -0.15) is 0 Å². The van der Waals surface area contributed by atoms with Crippen LogP contribution in [0.5, 0.6) is 0 Å². The highest BCUT2D eigenvalue weighted by atomic mass is 15.2. The number of benzene rings is 1. The van der Waals surface area contributed by atoms with Crippen molar-refractivity contribution < 1.29 is 0 Å². The van der Waals surface area contributed by atoms with Gasteiger partial charge in [0.15, 0.2) is 0 Å². The zero-order chi connectivity index (χ0) is 13.1. The first-order valence-corrected chi connectivity index (χ1v) is 6.82. The summed E-state index contributed by atoms with van der Waals surface area (Å²) in [6, 6.07) is 13.2. The standard InChI is InChI=1S/C16H19N3/c1-13-10-17-7-8-19(13)16-9-15(11-18-12-16)14-5-3-2-4-6-14/h2-6,9,11-13,17H,7-8,10H2,1H3. The van der Waals surface area contributed by atoms with Crippen LogP contribution in [0, 0.1) is 0 Å². The van der Waals surface area contributed by atoms with Crippen molar-refractivity contribution in [2.75, 3.05) is 24.5 Å². The van der Waals surface area contributed by atoms with E-state index in [1.807, 2.05) is 18.5 Å². The highest BCUT2D eigenvalue weighted by molar-refractivity contribution is 5.67. The van der Waals surface area contributed by atoms with Crippen molar-refractivity contribution in [3.63, 3.8) is 0 Å². The maximum atomic E-state index is 4.41. The minimum absolute atomic E-state index is 0.515. The number of nitrogens with one attached hydrogen (secondary N) is 1. The molecule has 1 N–H and O–H groups in total. The molecule has 2 heterocycles. The SMILES string of the molecule is CC1CNCCN1c1cncc(-c2ccccc2)c1. The Balaban J connectivity index is 1.91. The lowest BCUT2D eigenvalue weighted by atomic mass is 10.1. The van der Waals surface area contributed by atoms with Crippen molar-refractivity contribution >= 4 is 5.69 Å². The van der Waals surface area contributed by atoms with E-state index in [4.69, 9.17) is 0 Å². The van der Waals surface area contributed by atoms with Crippen LogP contribution in [0.25, 0.3) is 11.1 Å². The summed E-state index contributed by atoms with van der Waals surface area (Å²) in [5.74, 6) is 0. The van der Waals surface area contributed by atoms with Crippen LogP contribution in [0.4, 0.5) is 5.69 Å². The molecule has 1 aliphatic rings. The van der Waals surface area contributed by atoms with E-state index >= 15 is 0 Å². The molecule has 0 amide bonds. The maximum absolute atomic E-state index is 4.41. The number of anilines is 1. The molecule has 3 rings (SSSR count). The molecule has 98 valence electrons. The second-order valence-corrected chi connectivity index (χ2v) is 5.04. The van der Waals surface area contributed by atoms with Gasteiger partial charge in [0.05, 0.1) is 11.9 Å². The van der Waals surface area contributed by atoms with Crippen LogP contribution in [0.1, 0.15) is 6.92 Å². The number of aromatic nitrogens is 1. The summed E-state index contributed by atoms with van der Waals surface area (Å²) in [7, 11) is 0. The molecule has 0 bridgehead atoms. The van der Waals surface area contributed by atoms with Crippen molar-refractivity contribution in [1.29, 1.82) is 0 Å². The third-order valence-electron chi connectivity index (χ3n) is 3.66. The monoisotopic (exact) mass is 253 g/mol. The molecule has 1 fully saturated rings. The van der Waals surface area contributed by atoms with Gasteiger partial charge >= 0.3 is 0 Å². The highest BCUT2D eigenvalue weighted by Crippen LogP contribution is 2.24. The quantitative estimate of drug-likeness (QED) is 0.891. The predicted molar refractivity (Wildman–Crippen MR) is 79.4 cm³/mol. The van der Waals surface area contributed by atoms with E-state index < -0.39 is 0 Å². The first-order chi connectivity index (χ1) is 9.34. The molecule has 1 saturated heterocycles. The third-order valence-corrected chi connectivity index (χ3v) is 3.66. The number of pyridine rings is 1. The van der Waals surface area contributed by atoms with Crippen LogP contribution in [0.15, 0.2) is 48.8 Å². The second kappa shape index (κ2) is 5.41. The fourth-order valence-corrected chi connectivity index (χ4v) is 2.60. The summed E-state index contributed by atoms with van der Waals surface area (Å²) >= 11 is 0. The van der Waals surface area contributed by atoms with Gasteiger partial charge in [0.2, 0.25) is 0 Å². The molecular formula is C16H19N3. The Morgan fingerprint density at radius 1 is 1.16 bits per heavy atom. The van der Waals surface area contributed by atoms with Crippen LogP contribution in [-0.2, 0) is 0 Å². The van der Waals surface area contributed by atoms with E-state index in [-0.39, 0.29) is 0 Å². The molecule has 0 aliphatic carbocycles. The molecule has 1 atom stereocenters. The molecule has 3 nitrogen and oxygen atoms in total. The molecule has 0 saturated carbocycles. The minimum atomic E-state index is 0.515. The fourth-order valence-electron chi connectivity index (χ4n) is 2.60. The van der Waals surface area contributed by atoms with E-state index in [1.165, 1.54) is 16.8 Å². The minimum Gasteiger partial charge on any atom is -0.365 e. The first-order valence-electron chi connectivity index (χ1n) is 6.82. The van der Waals surface area contributed by atoms with Gasteiger partial charge in [0.1, 0.15) is 0 Å². The van der Waals surface area contributed by atoms with Crippen molar-refractivity contribution in [2.24, 2.45) is 0 Å². The van der Waals surface area contributed by atoms with Gasteiger partial charge in [-0.15, -0.1) is 0 Å². The van der Waals surface area contributed by atoms with Crippen LogP contribution in [0.2, 0.25) is 0 Å². The topological polar surface area (TPSA) is 28.2 Å². The number of hydrogen-bond donors (Lipinski definition) is 1. The van der Waals surface area contributed by atoms with Crippen LogP contribution >= 0.6 is 0 Å². The molecule has 1 unspecified atom stereocenters. The molecule has 1 aromatic carbocycles. The molecular weight excluding hydrogens is 234 g/mol. The van der Waals surface area contributed by atoms with E-state index in [9.17, 15) is 0 Å². The van der Waals surface area contributed by atoms with Crippen molar-refractivity contribution in [2.45, 2.75) is 13.0 Å². The van der Waals surface area contributed by atoms with Crippen LogP contribution in [-0.4, -0.2) is 30.7 Å². The van der Waals surface area contributed by atoms with Crippen LogP contribution in [0.3, 0.4) is 0 Å². The fraction of sp³-hybridized carbons (Fsp3) is 0.312. The molecule has 19 heavy (non-hydrogen) atoms. The second-order valence-electron chi connectivity index (χ2n) is 5.04. The summed E-state index contributed by atoms with van der Waals surface area (Å²) in [5, 5.41) is 3.42. The highest BCUT2D eigenvalue weighted by Gasteiger charge is 2.18. The van der Waals surface area contributed by atoms with E-state index in [0.29, 0.717) is 6.04 Å². The van der Waals surface area contributed by atoms with Crippen molar-refractivity contribution in [1.82, 2.24) is 10.3 Å². The molecule has 0 radical (unpaired) electrons. The number of nitrogens with zero attached hydrogens (tertiary/aromatic N) is 2. The maximum Gasteiger partial charge on any atom is 0.0562 e. The number of hydrogen-bond acceptors (Lipinski definition) is 3. The zero-order valence-corrected chi connectivity index (χ0v) is 11.2. The van der Waals surface area contributed by atoms with Gasteiger partial charge in [0.25, 0.3) is 0 Å². The zero-order valence-electron chi connectivity index (χ0n) is 11.2. The van der Waals surface area contributed by atoms with Crippen molar-refractivity contribution in [3.05, 3.63) is 48.8 Å². The summed E-state index contributed by atoms with van der Waals surface area (Å²) < 4.78 is 0. The number of rotatable bonds is 2. The average molecular weight is 253 g/mol. The molecule has 1 aromatic heterocycles. The normalized spacial score (nSPS) is 19.4. The molecule has 0 spiro atoms. The van der Waals surface area contributed by atoms with E-state index in [1.54, 1.807) is 0 Å².